The van der Waals surface area contributed by atoms with Gasteiger partial charge >= 0.3 is 0 Å². The summed E-state index contributed by atoms with van der Waals surface area (Å²) in [4.78, 5) is 18.8. The maximum atomic E-state index is 4.41. The Kier molecular flexibility index (Phi) is 2.71. The van der Waals surface area contributed by atoms with Crippen LogP contribution >= 0.6 is 0 Å². The lowest BCUT2D eigenvalue weighted by atomic mass is 10.4. The van der Waals surface area contributed by atoms with E-state index in [-0.39, 0.29) is 0 Å². The van der Waals surface area contributed by atoms with Crippen LogP contribution in [0.2, 0.25) is 0 Å². The Morgan fingerprint density at radius 2 is 1.87 bits per heavy atom. The standard InChI is InChI=1S/C10H13N5/c1-3-15(4-2)10-12-6-8-9(14-10)5-11-7-13-8/h5-7H,3-4H2,1-2H3. The van der Waals surface area contributed by atoms with Crippen LogP contribution in [0.3, 0.4) is 0 Å². The maximum absolute atomic E-state index is 4.41. The van der Waals surface area contributed by atoms with Crippen molar-refractivity contribution in [2.75, 3.05) is 18.0 Å². The molecule has 0 unspecified atom stereocenters. The van der Waals surface area contributed by atoms with Gasteiger partial charge in [-0.1, -0.05) is 0 Å². The normalized spacial score (nSPS) is 10.5. The summed E-state index contributed by atoms with van der Waals surface area (Å²) in [5.74, 6) is 0.738. The Balaban J connectivity index is 2.46. The molecule has 5 nitrogen and oxygen atoms in total. The zero-order valence-corrected chi connectivity index (χ0v) is 8.88. The van der Waals surface area contributed by atoms with E-state index in [2.05, 4.69) is 38.7 Å². The molecule has 0 aliphatic rings. The van der Waals surface area contributed by atoms with Gasteiger partial charge < -0.3 is 4.90 Å². The van der Waals surface area contributed by atoms with Gasteiger partial charge in [-0.05, 0) is 13.8 Å². The van der Waals surface area contributed by atoms with Crippen LogP contribution in [0.25, 0.3) is 11.0 Å². The summed E-state index contributed by atoms with van der Waals surface area (Å²) < 4.78 is 0. The van der Waals surface area contributed by atoms with Crippen molar-refractivity contribution in [2.24, 2.45) is 0 Å². The molecular formula is C10H13N5. The van der Waals surface area contributed by atoms with Crippen LogP contribution in [0, 0.1) is 0 Å². The molecule has 0 spiro atoms. The molecule has 0 aliphatic carbocycles. The molecule has 0 saturated carbocycles. The van der Waals surface area contributed by atoms with Crippen molar-refractivity contribution in [3.63, 3.8) is 0 Å². The fourth-order valence-electron chi connectivity index (χ4n) is 1.43. The second kappa shape index (κ2) is 4.16. The largest absolute Gasteiger partial charge is 0.341 e. The van der Waals surface area contributed by atoms with E-state index < -0.39 is 0 Å². The first-order valence-electron chi connectivity index (χ1n) is 5.02. The molecule has 0 bridgehead atoms. The lowest BCUT2D eigenvalue weighted by Gasteiger charge is -2.17. The predicted molar refractivity (Wildman–Crippen MR) is 58.7 cm³/mol. The average molecular weight is 203 g/mol. The van der Waals surface area contributed by atoms with E-state index in [9.17, 15) is 0 Å². The topological polar surface area (TPSA) is 54.8 Å². The highest BCUT2D eigenvalue weighted by atomic mass is 15.2. The summed E-state index contributed by atoms with van der Waals surface area (Å²) in [6, 6.07) is 0. The molecule has 0 aromatic carbocycles. The molecule has 2 aromatic heterocycles. The molecule has 0 fully saturated rings. The second-order valence-corrected chi connectivity index (χ2v) is 3.14. The number of hydrogen-bond donors (Lipinski definition) is 0. The monoisotopic (exact) mass is 203 g/mol. The highest BCUT2D eigenvalue weighted by Gasteiger charge is 2.06. The predicted octanol–water partition coefficient (Wildman–Crippen LogP) is 1.27. The van der Waals surface area contributed by atoms with E-state index >= 15 is 0 Å². The van der Waals surface area contributed by atoms with Crippen molar-refractivity contribution in [3.8, 4) is 0 Å². The van der Waals surface area contributed by atoms with Gasteiger partial charge in [0.25, 0.3) is 0 Å². The zero-order chi connectivity index (χ0) is 10.7. The minimum atomic E-state index is 0.738. The molecule has 2 rings (SSSR count). The summed E-state index contributed by atoms with van der Waals surface area (Å²) >= 11 is 0. The molecule has 0 atom stereocenters. The van der Waals surface area contributed by atoms with Crippen LogP contribution in [-0.4, -0.2) is 33.0 Å². The maximum Gasteiger partial charge on any atom is 0.226 e. The first kappa shape index (κ1) is 9.76. The summed E-state index contributed by atoms with van der Waals surface area (Å²) in [6.07, 6.45) is 4.94. The summed E-state index contributed by atoms with van der Waals surface area (Å²) in [5.41, 5.74) is 1.57. The smallest absolute Gasteiger partial charge is 0.226 e. The minimum Gasteiger partial charge on any atom is -0.341 e. The Bertz CT molecular complexity index is 452. The Hall–Kier alpha value is -1.78. The van der Waals surface area contributed by atoms with Crippen molar-refractivity contribution in [1.82, 2.24) is 19.9 Å². The minimum absolute atomic E-state index is 0.738. The number of aromatic nitrogens is 4. The Labute approximate surface area is 88.2 Å². The Morgan fingerprint density at radius 1 is 1.07 bits per heavy atom. The number of rotatable bonds is 3. The summed E-state index contributed by atoms with van der Waals surface area (Å²) in [5, 5.41) is 0. The SMILES string of the molecule is CCN(CC)c1ncc2ncncc2n1. The van der Waals surface area contributed by atoms with E-state index in [1.165, 1.54) is 6.33 Å². The highest BCUT2D eigenvalue weighted by Crippen LogP contribution is 2.11. The van der Waals surface area contributed by atoms with Crippen molar-refractivity contribution < 1.29 is 0 Å². The fraction of sp³-hybridized carbons (Fsp3) is 0.400. The van der Waals surface area contributed by atoms with E-state index in [4.69, 9.17) is 0 Å². The van der Waals surface area contributed by atoms with Crippen molar-refractivity contribution in [2.45, 2.75) is 13.8 Å². The Morgan fingerprint density at radius 3 is 2.60 bits per heavy atom. The molecular weight excluding hydrogens is 190 g/mol. The van der Waals surface area contributed by atoms with E-state index in [0.29, 0.717) is 0 Å². The number of nitrogens with zero attached hydrogens (tertiary/aromatic N) is 5. The first-order valence-corrected chi connectivity index (χ1v) is 5.02. The van der Waals surface area contributed by atoms with E-state index in [1.54, 1.807) is 12.4 Å². The van der Waals surface area contributed by atoms with Crippen molar-refractivity contribution in [3.05, 3.63) is 18.7 Å². The lowest BCUT2D eigenvalue weighted by Crippen LogP contribution is -2.24. The molecule has 0 aliphatic heterocycles. The molecule has 0 saturated heterocycles. The number of anilines is 1. The molecule has 2 aromatic rings. The van der Waals surface area contributed by atoms with E-state index in [0.717, 1.165) is 30.1 Å². The van der Waals surface area contributed by atoms with Crippen molar-refractivity contribution >= 4 is 17.0 Å². The van der Waals surface area contributed by atoms with Gasteiger partial charge in [0.1, 0.15) is 17.4 Å². The average Bonchev–Trinajstić information content (AvgIpc) is 2.30. The zero-order valence-electron chi connectivity index (χ0n) is 8.88. The summed E-state index contributed by atoms with van der Waals surface area (Å²) in [6.45, 7) is 5.96. The number of fused-ring (bicyclic) bond motifs is 1. The number of hydrogen-bond acceptors (Lipinski definition) is 5. The summed E-state index contributed by atoms with van der Waals surface area (Å²) in [7, 11) is 0. The van der Waals surface area contributed by atoms with Gasteiger partial charge in [-0.25, -0.2) is 19.9 Å². The van der Waals surface area contributed by atoms with Gasteiger partial charge in [0.05, 0.1) is 12.4 Å². The van der Waals surface area contributed by atoms with Gasteiger partial charge in [0, 0.05) is 13.1 Å². The molecule has 0 radical (unpaired) electrons. The first-order chi connectivity index (χ1) is 7.35. The third kappa shape index (κ3) is 1.86. The van der Waals surface area contributed by atoms with Crippen LogP contribution in [-0.2, 0) is 0 Å². The quantitative estimate of drug-likeness (QED) is 0.751. The third-order valence-electron chi connectivity index (χ3n) is 2.29. The fourth-order valence-corrected chi connectivity index (χ4v) is 1.43. The van der Waals surface area contributed by atoms with Gasteiger partial charge in [0.15, 0.2) is 0 Å². The molecule has 5 heteroatoms. The van der Waals surface area contributed by atoms with Gasteiger partial charge in [-0.15, -0.1) is 0 Å². The van der Waals surface area contributed by atoms with Gasteiger partial charge in [0.2, 0.25) is 5.95 Å². The third-order valence-corrected chi connectivity index (χ3v) is 2.29. The van der Waals surface area contributed by atoms with E-state index in [1.807, 2.05) is 0 Å². The molecule has 2 heterocycles. The van der Waals surface area contributed by atoms with Crippen molar-refractivity contribution in [1.29, 1.82) is 0 Å². The van der Waals surface area contributed by atoms with Crippen LogP contribution < -0.4 is 4.90 Å². The van der Waals surface area contributed by atoms with Crippen LogP contribution in [0.15, 0.2) is 18.7 Å². The van der Waals surface area contributed by atoms with Gasteiger partial charge in [-0.2, -0.15) is 0 Å². The molecule has 15 heavy (non-hydrogen) atoms. The highest BCUT2D eigenvalue weighted by molar-refractivity contribution is 5.72. The van der Waals surface area contributed by atoms with Gasteiger partial charge in [-0.3, -0.25) is 0 Å². The molecule has 0 amide bonds. The molecule has 0 N–H and O–H groups in total. The van der Waals surface area contributed by atoms with Crippen LogP contribution in [0.5, 0.6) is 0 Å². The van der Waals surface area contributed by atoms with Crippen LogP contribution in [0.4, 0.5) is 5.95 Å². The lowest BCUT2D eigenvalue weighted by molar-refractivity contribution is 0.825. The molecule has 78 valence electrons. The van der Waals surface area contributed by atoms with Crippen LogP contribution in [0.1, 0.15) is 13.8 Å². The second-order valence-electron chi connectivity index (χ2n) is 3.14.